The van der Waals surface area contributed by atoms with Gasteiger partial charge in [0.25, 0.3) is 10.0 Å². The Morgan fingerprint density at radius 3 is 2.96 bits per heavy atom. The molecule has 2 heterocycles. The van der Waals surface area contributed by atoms with Crippen LogP contribution in [0.15, 0.2) is 34.7 Å². The summed E-state index contributed by atoms with van der Waals surface area (Å²) in [6, 6.07) is 4.88. The molecule has 2 N–H and O–H groups in total. The van der Waals surface area contributed by atoms with Crippen LogP contribution >= 0.6 is 22.9 Å². The topological polar surface area (TPSA) is 80.3 Å². The van der Waals surface area contributed by atoms with Crippen LogP contribution in [-0.2, 0) is 10.0 Å². The van der Waals surface area contributed by atoms with Gasteiger partial charge < -0.3 is 10.1 Å². The molecule has 130 valence electrons. The van der Waals surface area contributed by atoms with E-state index in [9.17, 15) is 8.42 Å². The molecule has 0 amide bonds. The van der Waals surface area contributed by atoms with Gasteiger partial charge >= 0.3 is 0 Å². The van der Waals surface area contributed by atoms with Gasteiger partial charge in [0, 0.05) is 17.6 Å². The number of aromatic nitrogens is 1. The highest BCUT2D eigenvalue weighted by Gasteiger charge is 2.22. The Morgan fingerprint density at radius 1 is 1.46 bits per heavy atom. The Balaban J connectivity index is 1.74. The minimum atomic E-state index is -3.72. The molecule has 0 unspecified atom stereocenters. The highest BCUT2D eigenvalue weighted by atomic mass is 35.5. The van der Waals surface area contributed by atoms with E-state index in [1.54, 1.807) is 11.4 Å². The molecule has 0 spiro atoms. The zero-order valence-corrected chi connectivity index (χ0v) is 15.4. The third kappa shape index (κ3) is 4.18. The van der Waals surface area contributed by atoms with E-state index >= 15 is 0 Å². The van der Waals surface area contributed by atoms with E-state index in [1.165, 1.54) is 29.7 Å². The fourth-order valence-electron chi connectivity index (χ4n) is 2.56. The summed E-state index contributed by atoms with van der Waals surface area (Å²) in [7, 11) is -3.72. The van der Waals surface area contributed by atoms with Gasteiger partial charge in [-0.15, -0.1) is 11.3 Å². The molecule has 0 aliphatic carbocycles. The van der Waals surface area contributed by atoms with Crippen molar-refractivity contribution in [2.75, 3.05) is 11.3 Å². The van der Waals surface area contributed by atoms with Crippen LogP contribution in [0.3, 0.4) is 0 Å². The molecule has 2 aromatic rings. The summed E-state index contributed by atoms with van der Waals surface area (Å²) in [4.78, 5) is 3.99. The van der Waals surface area contributed by atoms with E-state index in [0.717, 1.165) is 19.4 Å². The number of nitrogens with zero attached hydrogens (tertiary/aromatic N) is 1. The second-order valence-electron chi connectivity index (χ2n) is 5.65. The minimum Gasteiger partial charge on any atom is -0.489 e. The zero-order chi connectivity index (χ0) is 17.2. The van der Waals surface area contributed by atoms with Crippen molar-refractivity contribution in [3.63, 3.8) is 0 Å². The van der Waals surface area contributed by atoms with Gasteiger partial charge in [-0.2, -0.15) is 0 Å². The molecule has 1 aliphatic rings. The summed E-state index contributed by atoms with van der Waals surface area (Å²) in [6.07, 6.45) is 3.40. The standard InChI is InChI=1S/C15H18ClN3O3S2/c1-10-8-11(4-5-17-10)22-14-3-2-12(9-13(14)16)24(20,21)19-15-18-6-7-23-15/h2-3,6-7,9-11,17H,4-5,8H2,1H3,(H,18,19)/t10-,11-/m1/s1. The molecule has 1 saturated heterocycles. The van der Waals surface area contributed by atoms with Crippen LogP contribution < -0.4 is 14.8 Å². The Morgan fingerprint density at radius 2 is 2.29 bits per heavy atom. The van der Waals surface area contributed by atoms with Gasteiger partial charge in [0.1, 0.15) is 11.9 Å². The van der Waals surface area contributed by atoms with Crippen molar-refractivity contribution >= 4 is 38.1 Å². The maximum Gasteiger partial charge on any atom is 0.263 e. The quantitative estimate of drug-likeness (QED) is 0.823. The van der Waals surface area contributed by atoms with Crippen LogP contribution in [0.1, 0.15) is 19.8 Å². The third-order valence-corrected chi connectivity index (χ3v) is 6.19. The molecule has 0 bridgehead atoms. The third-order valence-electron chi connectivity index (χ3n) is 3.74. The maximum absolute atomic E-state index is 12.3. The van der Waals surface area contributed by atoms with Crippen LogP contribution in [0, 0.1) is 0 Å². The van der Waals surface area contributed by atoms with Gasteiger partial charge in [0.2, 0.25) is 0 Å². The Kier molecular flexibility index (Phi) is 5.29. The van der Waals surface area contributed by atoms with Crippen LogP contribution in [0.2, 0.25) is 5.02 Å². The molecular weight excluding hydrogens is 370 g/mol. The van der Waals surface area contributed by atoms with E-state index in [-0.39, 0.29) is 16.0 Å². The average molecular weight is 388 g/mol. The number of thiazole rings is 1. The first-order valence-electron chi connectivity index (χ1n) is 7.56. The molecule has 9 heteroatoms. The lowest BCUT2D eigenvalue weighted by atomic mass is 10.0. The van der Waals surface area contributed by atoms with Crippen LogP contribution in [0.4, 0.5) is 5.13 Å². The van der Waals surface area contributed by atoms with Gasteiger partial charge in [0.15, 0.2) is 5.13 Å². The first kappa shape index (κ1) is 17.5. The number of anilines is 1. The van der Waals surface area contributed by atoms with E-state index < -0.39 is 10.0 Å². The molecule has 6 nitrogen and oxygen atoms in total. The number of nitrogens with one attached hydrogen (secondary N) is 2. The lowest BCUT2D eigenvalue weighted by molar-refractivity contribution is 0.144. The summed E-state index contributed by atoms with van der Waals surface area (Å²) in [6.45, 7) is 3.00. The van der Waals surface area contributed by atoms with Crippen molar-refractivity contribution in [2.45, 2.75) is 36.8 Å². The molecule has 1 aliphatic heterocycles. The predicted octanol–water partition coefficient (Wildman–Crippen LogP) is 3.12. The van der Waals surface area contributed by atoms with Gasteiger partial charge in [-0.1, -0.05) is 11.6 Å². The highest BCUT2D eigenvalue weighted by molar-refractivity contribution is 7.93. The average Bonchev–Trinajstić information content (AvgIpc) is 3.01. The summed E-state index contributed by atoms with van der Waals surface area (Å²) in [5.41, 5.74) is 0. The Hall–Kier alpha value is -1.35. The predicted molar refractivity (Wildman–Crippen MR) is 95.5 cm³/mol. The van der Waals surface area contributed by atoms with Crippen molar-refractivity contribution in [3.05, 3.63) is 34.8 Å². The molecule has 3 rings (SSSR count). The first-order valence-corrected chi connectivity index (χ1v) is 10.3. The maximum atomic E-state index is 12.3. The van der Waals surface area contributed by atoms with E-state index in [1.807, 2.05) is 0 Å². The van der Waals surface area contributed by atoms with Crippen molar-refractivity contribution in [1.29, 1.82) is 0 Å². The normalized spacial score (nSPS) is 21.4. The lowest BCUT2D eigenvalue weighted by Gasteiger charge is -2.28. The fraction of sp³-hybridized carbons (Fsp3) is 0.400. The number of halogens is 1. The monoisotopic (exact) mass is 387 g/mol. The zero-order valence-electron chi connectivity index (χ0n) is 13.0. The molecular formula is C15H18ClN3O3S2. The molecule has 1 fully saturated rings. The van der Waals surface area contributed by atoms with Gasteiger partial charge in [-0.3, -0.25) is 4.72 Å². The Bertz CT molecular complexity index is 796. The van der Waals surface area contributed by atoms with E-state index in [4.69, 9.17) is 16.3 Å². The fourth-order valence-corrected chi connectivity index (χ4v) is 4.67. The SMILES string of the molecule is C[C@@H]1C[C@H](Oc2ccc(S(=O)(=O)Nc3nccs3)cc2Cl)CCN1. The molecule has 0 radical (unpaired) electrons. The summed E-state index contributed by atoms with van der Waals surface area (Å²) in [5, 5.41) is 5.65. The summed E-state index contributed by atoms with van der Waals surface area (Å²) >= 11 is 7.44. The summed E-state index contributed by atoms with van der Waals surface area (Å²) < 4.78 is 33.0. The first-order chi connectivity index (χ1) is 11.4. The van der Waals surface area contributed by atoms with Gasteiger partial charge in [0.05, 0.1) is 9.92 Å². The van der Waals surface area contributed by atoms with Crippen LogP contribution in [-0.4, -0.2) is 32.1 Å². The van der Waals surface area contributed by atoms with Crippen molar-refractivity contribution in [3.8, 4) is 5.75 Å². The molecule has 1 aromatic heterocycles. The van der Waals surface area contributed by atoms with Crippen molar-refractivity contribution in [1.82, 2.24) is 10.3 Å². The number of rotatable bonds is 5. The molecule has 24 heavy (non-hydrogen) atoms. The number of hydrogen-bond donors (Lipinski definition) is 2. The van der Waals surface area contributed by atoms with Crippen molar-refractivity contribution in [2.24, 2.45) is 0 Å². The smallest absolute Gasteiger partial charge is 0.263 e. The second kappa shape index (κ2) is 7.26. The van der Waals surface area contributed by atoms with Crippen molar-refractivity contribution < 1.29 is 13.2 Å². The summed E-state index contributed by atoms with van der Waals surface area (Å²) in [5.74, 6) is 0.504. The second-order valence-corrected chi connectivity index (χ2v) is 8.64. The molecule has 0 saturated carbocycles. The number of ether oxygens (including phenoxy) is 1. The van der Waals surface area contributed by atoms with E-state index in [0.29, 0.717) is 16.9 Å². The van der Waals surface area contributed by atoms with Gasteiger partial charge in [-0.25, -0.2) is 13.4 Å². The molecule has 2 atom stereocenters. The Labute approximate surface area is 150 Å². The van der Waals surface area contributed by atoms with Gasteiger partial charge in [-0.05, 0) is 44.5 Å². The highest BCUT2D eigenvalue weighted by Crippen LogP contribution is 2.30. The largest absolute Gasteiger partial charge is 0.489 e. The number of benzene rings is 1. The number of sulfonamides is 1. The minimum absolute atomic E-state index is 0.0775. The molecule has 1 aromatic carbocycles. The number of piperidine rings is 1. The lowest BCUT2D eigenvalue weighted by Crippen LogP contribution is -2.40. The number of hydrogen-bond acceptors (Lipinski definition) is 6. The van der Waals surface area contributed by atoms with E-state index in [2.05, 4.69) is 21.9 Å². The van der Waals surface area contributed by atoms with Crippen LogP contribution in [0.5, 0.6) is 5.75 Å². The van der Waals surface area contributed by atoms with Crippen LogP contribution in [0.25, 0.3) is 0 Å².